The monoisotopic (exact) mass is 342 g/mol. The number of benzene rings is 1. The maximum absolute atomic E-state index is 5.71. The molecule has 0 fully saturated rings. The predicted molar refractivity (Wildman–Crippen MR) is 89.4 cm³/mol. The number of nitrogens with zero attached hydrogens (tertiary/aromatic N) is 1. The van der Waals surface area contributed by atoms with Gasteiger partial charge in [0.1, 0.15) is 5.75 Å². The summed E-state index contributed by atoms with van der Waals surface area (Å²) in [6.45, 7) is 13.7. The predicted octanol–water partition coefficient (Wildman–Crippen LogP) is 3.67. The molecular weight excluding hydrogens is 316 g/mol. The van der Waals surface area contributed by atoms with Gasteiger partial charge in [-0.05, 0) is 60.6 Å². The first-order valence-corrected chi connectivity index (χ1v) is 8.24. The van der Waals surface area contributed by atoms with Crippen LogP contribution >= 0.6 is 15.9 Å². The zero-order valence-corrected chi connectivity index (χ0v) is 14.7. The van der Waals surface area contributed by atoms with Gasteiger partial charge < -0.3 is 15.0 Å². The van der Waals surface area contributed by atoms with Gasteiger partial charge in [-0.15, -0.1) is 0 Å². The number of hydrogen-bond acceptors (Lipinski definition) is 3. The Kier molecular flexibility index (Phi) is 8.19. The van der Waals surface area contributed by atoms with E-state index in [0.717, 1.165) is 42.9 Å². The molecule has 0 aliphatic rings. The Morgan fingerprint density at radius 2 is 1.95 bits per heavy atom. The number of halogens is 1. The van der Waals surface area contributed by atoms with Crippen molar-refractivity contribution >= 4 is 15.9 Å². The molecule has 0 bridgehead atoms. The molecule has 0 aliphatic carbocycles. The molecular formula is C16H27BrN2O. The molecule has 0 spiro atoms. The molecule has 3 nitrogen and oxygen atoms in total. The Bertz CT molecular complexity index is 392. The molecule has 1 rings (SSSR count). The van der Waals surface area contributed by atoms with Crippen molar-refractivity contribution in [2.45, 2.75) is 40.3 Å². The van der Waals surface area contributed by atoms with Gasteiger partial charge in [-0.2, -0.15) is 0 Å². The van der Waals surface area contributed by atoms with E-state index < -0.39 is 0 Å². The topological polar surface area (TPSA) is 24.5 Å². The maximum Gasteiger partial charge on any atom is 0.133 e. The number of rotatable bonds is 9. The van der Waals surface area contributed by atoms with Crippen LogP contribution in [0.2, 0.25) is 0 Å². The number of likely N-dealkylation sites (N-methyl/N-ethyl adjacent to an activating group) is 1. The fraction of sp³-hybridized carbons (Fsp3) is 0.625. The van der Waals surface area contributed by atoms with Crippen molar-refractivity contribution in [2.24, 2.45) is 0 Å². The zero-order chi connectivity index (χ0) is 15.0. The summed E-state index contributed by atoms with van der Waals surface area (Å²) in [4.78, 5) is 2.42. The third kappa shape index (κ3) is 6.25. The zero-order valence-electron chi connectivity index (χ0n) is 13.1. The van der Waals surface area contributed by atoms with Crippen molar-refractivity contribution in [3.8, 4) is 5.75 Å². The molecule has 0 saturated heterocycles. The normalized spacial score (nSPS) is 11.3. The van der Waals surface area contributed by atoms with Gasteiger partial charge in [0.05, 0.1) is 10.6 Å². The van der Waals surface area contributed by atoms with Crippen LogP contribution in [0.1, 0.15) is 33.3 Å². The second-order valence-corrected chi connectivity index (χ2v) is 5.99. The summed E-state index contributed by atoms with van der Waals surface area (Å²) in [6, 6.07) is 6.28. The van der Waals surface area contributed by atoms with Gasteiger partial charge in [0.2, 0.25) is 0 Å². The van der Waals surface area contributed by atoms with E-state index in [1.54, 1.807) is 0 Å². The number of ether oxygens (including phenoxy) is 1. The Balaban J connectivity index is 2.39. The lowest BCUT2D eigenvalue weighted by molar-refractivity contribution is 0.241. The first-order valence-electron chi connectivity index (χ1n) is 7.45. The van der Waals surface area contributed by atoms with Crippen LogP contribution in [0.3, 0.4) is 0 Å². The Labute approximate surface area is 131 Å². The van der Waals surface area contributed by atoms with Crippen LogP contribution in [0, 0.1) is 0 Å². The van der Waals surface area contributed by atoms with Gasteiger partial charge in [-0.1, -0.05) is 19.9 Å². The van der Waals surface area contributed by atoms with E-state index in [1.165, 1.54) is 5.56 Å². The lowest BCUT2D eigenvalue weighted by Gasteiger charge is -2.18. The Morgan fingerprint density at radius 3 is 2.50 bits per heavy atom. The van der Waals surface area contributed by atoms with E-state index in [1.807, 2.05) is 19.9 Å². The average molecular weight is 343 g/mol. The minimum absolute atomic E-state index is 0.198. The van der Waals surface area contributed by atoms with Crippen LogP contribution < -0.4 is 10.1 Å². The van der Waals surface area contributed by atoms with E-state index in [-0.39, 0.29) is 6.10 Å². The molecule has 0 aliphatic heterocycles. The highest BCUT2D eigenvalue weighted by Gasteiger charge is 2.05. The van der Waals surface area contributed by atoms with Gasteiger partial charge in [0, 0.05) is 19.6 Å². The smallest absolute Gasteiger partial charge is 0.133 e. The third-order valence-corrected chi connectivity index (χ3v) is 3.81. The summed E-state index contributed by atoms with van der Waals surface area (Å²) in [5.41, 5.74) is 1.27. The second kappa shape index (κ2) is 9.37. The van der Waals surface area contributed by atoms with Gasteiger partial charge in [-0.3, -0.25) is 0 Å². The highest BCUT2D eigenvalue weighted by atomic mass is 79.9. The van der Waals surface area contributed by atoms with E-state index >= 15 is 0 Å². The van der Waals surface area contributed by atoms with Crippen LogP contribution in [-0.2, 0) is 6.54 Å². The fourth-order valence-electron chi connectivity index (χ4n) is 2.01. The third-order valence-electron chi connectivity index (χ3n) is 3.19. The molecule has 114 valence electrons. The molecule has 1 aromatic rings. The van der Waals surface area contributed by atoms with E-state index in [9.17, 15) is 0 Å². The van der Waals surface area contributed by atoms with Gasteiger partial charge in [-0.25, -0.2) is 0 Å². The minimum Gasteiger partial charge on any atom is -0.490 e. The van der Waals surface area contributed by atoms with Gasteiger partial charge >= 0.3 is 0 Å². The summed E-state index contributed by atoms with van der Waals surface area (Å²) in [5.74, 6) is 0.909. The summed E-state index contributed by atoms with van der Waals surface area (Å²) in [6.07, 6.45) is 0.198. The fourth-order valence-corrected chi connectivity index (χ4v) is 2.53. The summed E-state index contributed by atoms with van der Waals surface area (Å²) in [5, 5.41) is 3.48. The molecule has 0 saturated carbocycles. The Morgan fingerprint density at radius 1 is 1.25 bits per heavy atom. The van der Waals surface area contributed by atoms with Gasteiger partial charge in [0.25, 0.3) is 0 Å². The molecule has 1 aromatic carbocycles. The lowest BCUT2D eigenvalue weighted by atomic mass is 10.2. The molecule has 0 atom stereocenters. The van der Waals surface area contributed by atoms with Crippen LogP contribution in [0.15, 0.2) is 22.7 Å². The van der Waals surface area contributed by atoms with Crippen LogP contribution in [0.25, 0.3) is 0 Å². The van der Waals surface area contributed by atoms with Crippen molar-refractivity contribution in [3.05, 3.63) is 28.2 Å². The maximum atomic E-state index is 5.71. The molecule has 0 heterocycles. The van der Waals surface area contributed by atoms with E-state index in [2.05, 4.69) is 52.1 Å². The lowest BCUT2D eigenvalue weighted by Crippen LogP contribution is -2.31. The van der Waals surface area contributed by atoms with Crippen LogP contribution in [0.4, 0.5) is 0 Å². The van der Waals surface area contributed by atoms with E-state index in [0.29, 0.717) is 0 Å². The summed E-state index contributed by atoms with van der Waals surface area (Å²) >= 11 is 3.57. The molecule has 1 N–H and O–H groups in total. The standard InChI is InChI=1S/C16H27BrN2O/c1-5-19(6-2)10-9-18-12-14-7-8-16(15(17)11-14)20-13(3)4/h7-8,11,13,18H,5-6,9-10,12H2,1-4H3. The van der Waals surface area contributed by atoms with Crippen LogP contribution in [-0.4, -0.2) is 37.2 Å². The van der Waals surface area contributed by atoms with Crippen molar-refractivity contribution in [1.29, 1.82) is 0 Å². The summed E-state index contributed by atoms with van der Waals surface area (Å²) in [7, 11) is 0. The highest BCUT2D eigenvalue weighted by molar-refractivity contribution is 9.10. The largest absolute Gasteiger partial charge is 0.490 e. The average Bonchev–Trinajstić information content (AvgIpc) is 2.41. The van der Waals surface area contributed by atoms with Crippen molar-refractivity contribution < 1.29 is 4.74 Å². The number of hydrogen-bond donors (Lipinski definition) is 1. The first-order chi connectivity index (χ1) is 9.56. The minimum atomic E-state index is 0.198. The molecule has 4 heteroatoms. The second-order valence-electron chi connectivity index (χ2n) is 5.14. The quantitative estimate of drug-likeness (QED) is 0.693. The molecule has 0 amide bonds. The highest BCUT2D eigenvalue weighted by Crippen LogP contribution is 2.26. The summed E-state index contributed by atoms with van der Waals surface area (Å²) < 4.78 is 6.73. The van der Waals surface area contributed by atoms with Crippen molar-refractivity contribution in [1.82, 2.24) is 10.2 Å². The molecule has 0 unspecified atom stereocenters. The van der Waals surface area contributed by atoms with Crippen molar-refractivity contribution in [2.75, 3.05) is 26.2 Å². The molecule has 20 heavy (non-hydrogen) atoms. The molecule has 0 radical (unpaired) electrons. The SMILES string of the molecule is CCN(CC)CCNCc1ccc(OC(C)C)c(Br)c1. The molecule has 0 aromatic heterocycles. The Hall–Kier alpha value is -0.580. The van der Waals surface area contributed by atoms with E-state index in [4.69, 9.17) is 4.74 Å². The number of nitrogens with one attached hydrogen (secondary N) is 1. The van der Waals surface area contributed by atoms with Crippen molar-refractivity contribution in [3.63, 3.8) is 0 Å². The van der Waals surface area contributed by atoms with Gasteiger partial charge in [0.15, 0.2) is 0 Å². The van der Waals surface area contributed by atoms with Crippen LogP contribution in [0.5, 0.6) is 5.75 Å². The first kappa shape index (κ1) is 17.5.